The van der Waals surface area contributed by atoms with E-state index in [1.54, 1.807) is 44.6 Å². The minimum absolute atomic E-state index is 0.270. The molecular weight excluding hydrogens is 440 g/mol. The van der Waals surface area contributed by atoms with Gasteiger partial charge in [-0.25, -0.2) is 4.98 Å². The van der Waals surface area contributed by atoms with Crippen LogP contribution in [0, 0.1) is 0 Å². The van der Waals surface area contributed by atoms with E-state index in [2.05, 4.69) is 5.32 Å². The molecule has 0 aliphatic heterocycles. The lowest BCUT2D eigenvalue weighted by Crippen LogP contribution is -2.12. The van der Waals surface area contributed by atoms with Gasteiger partial charge >= 0.3 is 0 Å². The Kier molecular flexibility index (Phi) is 6.66. The average molecular weight is 463 g/mol. The highest BCUT2D eigenvalue weighted by Crippen LogP contribution is 2.32. The van der Waals surface area contributed by atoms with Crippen molar-refractivity contribution in [2.45, 2.75) is 6.92 Å². The number of methoxy groups -OCH3 is 2. The van der Waals surface area contributed by atoms with Crippen LogP contribution in [-0.2, 0) is 0 Å². The number of pyridine rings is 1. The highest BCUT2D eigenvalue weighted by atomic mass is 35.5. The number of nitrogens with one attached hydrogen (secondary N) is 1. The van der Waals surface area contributed by atoms with Gasteiger partial charge in [0.1, 0.15) is 17.2 Å². The molecule has 0 saturated heterocycles. The number of benzene rings is 3. The monoisotopic (exact) mass is 462 g/mol. The zero-order valence-electron chi connectivity index (χ0n) is 18.5. The molecule has 33 heavy (non-hydrogen) atoms. The van der Waals surface area contributed by atoms with Crippen molar-refractivity contribution in [3.8, 4) is 28.5 Å². The molecule has 1 heterocycles. The van der Waals surface area contributed by atoms with Gasteiger partial charge in [-0.2, -0.15) is 0 Å². The molecule has 6 nitrogen and oxygen atoms in total. The van der Waals surface area contributed by atoms with E-state index >= 15 is 0 Å². The van der Waals surface area contributed by atoms with E-state index in [9.17, 15) is 4.79 Å². The predicted octanol–water partition coefficient (Wildman–Crippen LogP) is 6.22. The molecule has 1 amide bonds. The first kappa shape index (κ1) is 22.4. The Bertz CT molecular complexity index is 1300. The lowest BCUT2D eigenvalue weighted by atomic mass is 10.1. The Balaban J connectivity index is 1.70. The van der Waals surface area contributed by atoms with E-state index in [1.165, 1.54) is 0 Å². The highest BCUT2D eigenvalue weighted by molar-refractivity contribution is 6.30. The first-order chi connectivity index (χ1) is 16.0. The van der Waals surface area contributed by atoms with Crippen molar-refractivity contribution in [2.24, 2.45) is 0 Å². The number of nitrogens with zero attached hydrogens (tertiary/aromatic N) is 1. The number of aromatic nitrogens is 1. The Hall–Kier alpha value is -3.77. The quantitative estimate of drug-likeness (QED) is 0.353. The molecule has 7 heteroatoms. The van der Waals surface area contributed by atoms with E-state index in [0.29, 0.717) is 40.1 Å². The molecule has 0 radical (unpaired) electrons. The zero-order chi connectivity index (χ0) is 23.4. The van der Waals surface area contributed by atoms with Crippen molar-refractivity contribution in [3.63, 3.8) is 0 Å². The van der Waals surface area contributed by atoms with Crippen LogP contribution in [0.1, 0.15) is 17.3 Å². The lowest BCUT2D eigenvalue weighted by molar-refractivity contribution is 0.102. The molecule has 1 aromatic heterocycles. The first-order valence-electron chi connectivity index (χ1n) is 10.4. The fraction of sp³-hybridized carbons (Fsp3) is 0.154. The first-order valence-corrected chi connectivity index (χ1v) is 10.8. The molecule has 0 aliphatic carbocycles. The van der Waals surface area contributed by atoms with Crippen LogP contribution in [0.25, 0.3) is 22.2 Å². The molecule has 0 saturated carbocycles. The Morgan fingerprint density at radius 2 is 1.73 bits per heavy atom. The van der Waals surface area contributed by atoms with Gasteiger partial charge in [0.25, 0.3) is 5.91 Å². The SMILES string of the molecule is CCOc1cc(-c2cccc(Cl)c2)nc2ccc(C(=O)Nc3cc(OC)cc(OC)c3)cc12. The van der Waals surface area contributed by atoms with Crippen LogP contribution in [0.3, 0.4) is 0 Å². The highest BCUT2D eigenvalue weighted by Gasteiger charge is 2.14. The van der Waals surface area contributed by atoms with Crippen molar-refractivity contribution >= 4 is 34.1 Å². The molecule has 0 unspecified atom stereocenters. The fourth-order valence-corrected chi connectivity index (χ4v) is 3.68. The number of halogens is 1. The van der Waals surface area contributed by atoms with Gasteiger partial charge in [0.15, 0.2) is 0 Å². The zero-order valence-corrected chi connectivity index (χ0v) is 19.3. The molecule has 0 spiro atoms. The summed E-state index contributed by atoms with van der Waals surface area (Å²) < 4.78 is 16.4. The van der Waals surface area contributed by atoms with Gasteiger partial charge in [-0.1, -0.05) is 23.7 Å². The largest absolute Gasteiger partial charge is 0.497 e. The molecule has 3 aromatic carbocycles. The van der Waals surface area contributed by atoms with Gasteiger partial charge in [-0.15, -0.1) is 0 Å². The number of fused-ring (bicyclic) bond motifs is 1. The third-order valence-corrected chi connectivity index (χ3v) is 5.30. The van der Waals surface area contributed by atoms with Crippen LogP contribution >= 0.6 is 11.6 Å². The third-order valence-electron chi connectivity index (χ3n) is 5.06. The van der Waals surface area contributed by atoms with Crippen LogP contribution < -0.4 is 19.5 Å². The molecule has 1 N–H and O–H groups in total. The number of amides is 1. The van der Waals surface area contributed by atoms with Crippen LogP contribution in [0.15, 0.2) is 66.7 Å². The van der Waals surface area contributed by atoms with Crippen molar-refractivity contribution in [3.05, 3.63) is 77.3 Å². The van der Waals surface area contributed by atoms with Crippen LogP contribution in [0.4, 0.5) is 5.69 Å². The maximum absolute atomic E-state index is 13.0. The van der Waals surface area contributed by atoms with E-state index in [0.717, 1.165) is 22.2 Å². The van der Waals surface area contributed by atoms with Crippen molar-refractivity contribution in [1.82, 2.24) is 4.98 Å². The normalized spacial score (nSPS) is 10.7. The Morgan fingerprint density at radius 1 is 0.970 bits per heavy atom. The molecule has 0 fully saturated rings. The van der Waals surface area contributed by atoms with Crippen molar-refractivity contribution in [2.75, 3.05) is 26.1 Å². The Labute approximate surface area is 197 Å². The number of carbonyl (C=O) groups is 1. The number of ether oxygens (including phenoxy) is 3. The van der Waals surface area contributed by atoms with Gasteiger partial charge in [0.2, 0.25) is 0 Å². The number of carbonyl (C=O) groups excluding carboxylic acids is 1. The van der Waals surface area contributed by atoms with E-state index < -0.39 is 0 Å². The molecule has 168 valence electrons. The standard InChI is InChI=1S/C26H23ClN2O4/c1-4-33-25-15-24(16-6-5-7-18(27)10-16)29-23-9-8-17(11-22(23)25)26(30)28-19-12-20(31-2)14-21(13-19)32-3/h5-15H,4H2,1-3H3,(H,28,30). The van der Waals surface area contributed by atoms with Gasteiger partial charge in [-0.3, -0.25) is 4.79 Å². The minimum Gasteiger partial charge on any atom is -0.497 e. The minimum atomic E-state index is -0.270. The molecule has 0 aliphatic rings. The average Bonchev–Trinajstić information content (AvgIpc) is 2.83. The van der Waals surface area contributed by atoms with E-state index in [4.69, 9.17) is 30.8 Å². The smallest absolute Gasteiger partial charge is 0.255 e. The fourth-order valence-electron chi connectivity index (χ4n) is 3.49. The van der Waals surface area contributed by atoms with Crippen molar-refractivity contribution in [1.29, 1.82) is 0 Å². The Morgan fingerprint density at radius 3 is 2.39 bits per heavy atom. The summed E-state index contributed by atoms with van der Waals surface area (Å²) in [6.07, 6.45) is 0. The third kappa shape index (κ3) is 5.02. The van der Waals surface area contributed by atoms with E-state index in [-0.39, 0.29) is 5.91 Å². The second-order valence-electron chi connectivity index (χ2n) is 7.24. The number of hydrogen-bond donors (Lipinski definition) is 1. The van der Waals surface area contributed by atoms with Gasteiger partial charge in [0.05, 0.1) is 32.0 Å². The topological polar surface area (TPSA) is 69.7 Å². The summed E-state index contributed by atoms with van der Waals surface area (Å²) in [5.74, 6) is 1.54. The maximum Gasteiger partial charge on any atom is 0.255 e. The van der Waals surface area contributed by atoms with Crippen LogP contribution in [0.5, 0.6) is 17.2 Å². The molecule has 0 bridgehead atoms. The summed E-state index contributed by atoms with van der Waals surface area (Å²) in [7, 11) is 3.12. The lowest BCUT2D eigenvalue weighted by Gasteiger charge is -2.13. The number of rotatable bonds is 7. The van der Waals surface area contributed by atoms with Gasteiger partial charge in [0, 0.05) is 51.5 Å². The summed E-state index contributed by atoms with van der Waals surface area (Å²) in [6.45, 7) is 2.40. The molecule has 0 atom stereocenters. The number of anilines is 1. The van der Waals surface area contributed by atoms with Crippen LogP contribution in [-0.4, -0.2) is 31.7 Å². The van der Waals surface area contributed by atoms with Crippen LogP contribution in [0.2, 0.25) is 5.02 Å². The molecule has 4 aromatic rings. The summed E-state index contributed by atoms with van der Waals surface area (Å²) in [5.41, 5.74) is 3.39. The molecule has 4 rings (SSSR count). The second-order valence-corrected chi connectivity index (χ2v) is 7.67. The number of hydrogen-bond acceptors (Lipinski definition) is 5. The van der Waals surface area contributed by atoms with E-state index in [1.807, 2.05) is 43.3 Å². The predicted molar refractivity (Wildman–Crippen MR) is 131 cm³/mol. The summed E-state index contributed by atoms with van der Waals surface area (Å²) in [4.78, 5) is 17.7. The van der Waals surface area contributed by atoms with Gasteiger partial charge in [-0.05, 0) is 37.3 Å². The van der Waals surface area contributed by atoms with Crippen molar-refractivity contribution < 1.29 is 19.0 Å². The summed E-state index contributed by atoms with van der Waals surface area (Å²) >= 11 is 6.15. The molecular formula is C26H23ClN2O4. The summed E-state index contributed by atoms with van der Waals surface area (Å²) in [5, 5.41) is 4.27. The summed E-state index contributed by atoms with van der Waals surface area (Å²) in [6, 6.07) is 19.9. The van der Waals surface area contributed by atoms with Gasteiger partial charge < -0.3 is 19.5 Å². The maximum atomic E-state index is 13.0. The second kappa shape index (κ2) is 9.79.